The fraction of sp³-hybridized carbons (Fsp3) is 0.241. The maximum atomic E-state index is 12.5. The van der Waals surface area contributed by atoms with Gasteiger partial charge in [0.1, 0.15) is 5.60 Å². The molecule has 0 aliphatic carbocycles. The Kier molecular flexibility index (Phi) is 5.38. The molecular formula is C29H23N3O7. The lowest BCUT2D eigenvalue weighted by Gasteiger charge is -2.26. The SMILES string of the molecule is C[C@]12CC[C@](CCOC(=O)c3ccc([N+](=O)[O-])cc3)(O1)c1c2c(O)n(-c2ccc(C#N)c3ccccc23)c1O. The predicted octanol–water partition coefficient (Wildman–Crippen LogP) is 5.30. The summed E-state index contributed by atoms with van der Waals surface area (Å²) in [7, 11) is 0. The van der Waals surface area contributed by atoms with E-state index in [2.05, 4.69) is 6.07 Å². The average Bonchev–Trinajstić information content (AvgIpc) is 3.52. The first-order valence-electron chi connectivity index (χ1n) is 12.4. The highest BCUT2D eigenvalue weighted by Crippen LogP contribution is 2.65. The molecule has 4 aromatic rings. The Hall–Kier alpha value is -4.88. The topological polar surface area (TPSA) is 148 Å². The number of carbonyl (C=O) groups excluding carboxylic acids is 1. The Morgan fingerprint density at radius 3 is 2.46 bits per heavy atom. The number of nitro benzene ring substituents is 1. The fourth-order valence-corrected chi connectivity index (χ4v) is 6.02. The number of non-ortho nitro benzene ring substituents is 1. The van der Waals surface area contributed by atoms with Crippen LogP contribution in [-0.2, 0) is 20.7 Å². The molecule has 2 atom stereocenters. The van der Waals surface area contributed by atoms with E-state index >= 15 is 0 Å². The summed E-state index contributed by atoms with van der Waals surface area (Å²) in [5, 5.41) is 44.7. The van der Waals surface area contributed by atoms with Gasteiger partial charge in [-0.3, -0.25) is 14.7 Å². The third-order valence-corrected chi connectivity index (χ3v) is 7.85. The number of ether oxygens (including phenoxy) is 2. The summed E-state index contributed by atoms with van der Waals surface area (Å²) in [5.74, 6) is -0.930. The number of hydrogen-bond acceptors (Lipinski definition) is 8. The summed E-state index contributed by atoms with van der Waals surface area (Å²) in [4.78, 5) is 22.9. The van der Waals surface area contributed by atoms with Crippen LogP contribution >= 0.6 is 0 Å². The Morgan fingerprint density at radius 1 is 1.08 bits per heavy atom. The molecule has 6 rings (SSSR count). The van der Waals surface area contributed by atoms with Crippen LogP contribution in [0.3, 0.4) is 0 Å². The second-order valence-corrected chi connectivity index (χ2v) is 10.0. The van der Waals surface area contributed by atoms with Gasteiger partial charge in [0.05, 0.1) is 51.1 Å². The van der Waals surface area contributed by atoms with Crippen LogP contribution in [-0.4, -0.2) is 32.3 Å². The number of fused-ring (bicyclic) bond motifs is 6. The molecule has 0 radical (unpaired) electrons. The van der Waals surface area contributed by atoms with E-state index < -0.39 is 22.1 Å². The summed E-state index contributed by atoms with van der Waals surface area (Å²) >= 11 is 0. The zero-order valence-corrected chi connectivity index (χ0v) is 20.9. The molecule has 196 valence electrons. The van der Waals surface area contributed by atoms with Crippen molar-refractivity contribution in [3.05, 3.63) is 93.0 Å². The number of nitro groups is 1. The van der Waals surface area contributed by atoms with Crippen molar-refractivity contribution in [3.63, 3.8) is 0 Å². The van der Waals surface area contributed by atoms with E-state index in [0.29, 0.717) is 46.0 Å². The number of aromatic hydroxyl groups is 2. The van der Waals surface area contributed by atoms with Crippen molar-refractivity contribution >= 4 is 22.4 Å². The first-order chi connectivity index (χ1) is 18.7. The Morgan fingerprint density at radius 2 is 1.77 bits per heavy atom. The smallest absolute Gasteiger partial charge is 0.338 e. The number of benzene rings is 3. The second kappa shape index (κ2) is 8.58. The average molecular weight is 526 g/mol. The molecule has 2 aliphatic rings. The Balaban J connectivity index is 1.33. The van der Waals surface area contributed by atoms with Gasteiger partial charge in [0, 0.05) is 29.3 Å². The minimum absolute atomic E-state index is 0.0312. The molecule has 2 bridgehead atoms. The van der Waals surface area contributed by atoms with Gasteiger partial charge in [0.15, 0.2) is 0 Å². The van der Waals surface area contributed by atoms with Crippen LogP contribution in [0.15, 0.2) is 60.7 Å². The number of nitriles is 1. The quantitative estimate of drug-likeness (QED) is 0.196. The standard InChI is InChI=1S/C29H23N3O7/c1-28-12-13-29(39-28,14-15-38-27(35)17-6-9-19(10-7-17)32(36)37)24-23(28)25(33)31(26(24)34)22-11-8-18(16-30)20-4-2-3-5-21(20)22/h2-11,33-34H,12-15H2,1H3/t28-,29-/m1/s1. The highest BCUT2D eigenvalue weighted by atomic mass is 16.6. The summed E-state index contributed by atoms with van der Waals surface area (Å²) in [6, 6.07) is 18.0. The first-order valence-corrected chi connectivity index (χ1v) is 12.4. The summed E-state index contributed by atoms with van der Waals surface area (Å²) < 4.78 is 13.3. The summed E-state index contributed by atoms with van der Waals surface area (Å²) in [5.41, 5.74) is 0.211. The lowest BCUT2D eigenvalue weighted by molar-refractivity contribution is -0.384. The molecule has 39 heavy (non-hydrogen) atoms. The number of rotatable bonds is 6. The predicted molar refractivity (Wildman–Crippen MR) is 139 cm³/mol. The molecule has 2 aliphatic heterocycles. The second-order valence-electron chi connectivity index (χ2n) is 10.0. The van der Waals surface area contributed by atoms with E-state index in [-0.39, 0.29) is 36.0 Å². The van der Waals surface area contributed by atoms with Crippen molar-refractivity contribution in [2.75, 3.05) is 6.61 Å². The molecule has 10 nitrogen and oxygen atoms in total. The lowest BCUT2D eigenvalue weighted by Crippen LogP contribution is -2.25. The number of esters is 1. The molecule has 1 aromatic heterocycles. The van der Waals surface area contributed by atoms with Gasteiger partial charge in [-0.15, -0.1) is 0 Å². The number of nitrogens with zero attached hydrogens (tertiary/aromatic N) is 3. The lowest BCUT2D eigenvalue weighted by atomic mass is 9.78. The zero-order chi connectivity index (χ0) is 27.5. The van der Waals surface area contributed by atoms with Crippen LogP contribution in [0.5, 0.6) is 11.8 Å². The Labute approximate surface area is 222 Å². The molecule has 0 spiro atoms. The number of aromatic nitrogens is 1. The van der Waals surface area contributed by atoms with Crippen molar-refractivity contribution in [1.29, 1.82) is 5.26 Å². The van der Waals surface area contributed by atoms with E-state index in [9.17, 15) is 30.4 Å². The van der Waals surface area contributed by atoms with Gasteiger partial charge < -0.3 is 19.7 Å². The summed E-state index contributed by atoms with van der Waals surface area (Å²) in [6.45, 7) is 1.83. The van der Waals surface area contributed by atoms with Gasteiger partial charge in [0.2, 0.25) is 11.8 Å². The van der Waals surface area contributed by atoms with Gasteiger partial charge >= 0.3 is 5.97 Å². The van der Waals surface area contributed by atoms with Crippen LogP contribution in [0.1, 0.15) is 53.2 Å². The first kappa shape index (κ1) is 24.5. The molecule has 0 saturated carbocycles. The monoisotopic (exact) mass is 525 g/mol. The van der Waals surface area contributed by atoms with Crippen molar-refractivity contribution in [1.82, 2.24) is 4.57 Å². The third kappa shape index (κ3) is 3.55. The maximum Gasteiger partial charge on any atom is 0.338 e. The van der Waals surface area contributed by atoms with Crippen molar-refractivity contribution < 1.29 is 29.4 Å². The molecule has 3 heterocycles. The van der Waals surface area contributed by atoms with Gasteiger partial charge in [-0.25, -0.2) is 4.79 Å². The molecule has 1 fully saturated rings. The largest absolute Gasteiger partial charge is 0.494 e. The van der Waals surface area contributed by atoms with Gasteiger partial charge in [-0.05, 0) is 44.0 Å². The van der Waals surface area contributed by atoms with Crippen molar-refractivity contribution in [2.24, 2.45) is 0 Å². The van der Waals surface area contributed by atoms with E-state index in [1.807, 2.05) is 31.2 Å². The number of hydrogen-bond donors (Lipinski definition) is 2. The normalized spacial score (nSPS) is 21.0. The molecule has 3 aromatic carbocycles. The van der Waals surface area contributed by atoms with E-state index in [1.165, 1.54) is 28.8 Å². The number of carbonyl (C=O) groups is 1. The van der Waals surface area contributed by atoms with E-state index in [1.54, 1.807) is 12.1 Å². The van der Waals surface area contributed by atoms with Gasteiger partial charge in [-0.2, -0.15) is 5.26 Å². The van der Waals surface area contributed by atoms with Crippen LogP contribution in [0.4, 0.5) is 5.69 Å². The van der Waals surface area contributed by atoms with Crippen LogP contribution in [0.25, 0.3) is 16.5 Å². The van der Waals surface area contributed by atoms with Crippen LogP contribution in [0.2, 0.25) is 0 Å². The molecule has 1 saturated heterocycles. The highest BCUT2D eigenvalue weighted by Gasteiger charge is 2.61. The Bertz CT molecular complexity index is 1720. The van der Waals surface area contributed by atoms with E-state index in [4.69, 9.17) is 9.47 Å². The molecule has 0 amide bonds. The molecule has 10 heteroatoms. The minimum Gasteiger partial charge on any atom is -0.494 e. The summed E-state index contributed by atoms with van der Waals surface area (Å²) in [6.07, 6.45) is 1.39. The van der Waals surface area contributed by atoms with Crippen molar-refractivity contribution in [2.45, 2.75) is 37.4 Å². The fourth-order valence-electron chi connectivity index (χ4n) is 6.02. The van der Waals surface area contributed by atoms with E-state index in [0.717, 1.165) is 0 Å². The molecule has 2 N–H and O–H groups in total. The highest BCUT2D eigenvalue weighted by molar-refractivity contribution is 5.95. The van der Waals surface area contributed by atoms with Gasteiger partial charge in [-0.1, -0.05) is 24.3 Å². The maximum absolute atomic E-state index is 12.5. The zero-order valence-electron chi connectivity index (χ0n) is 20.9. The minimum atomic E-state index is -0.977. The van der Waals surface area contributed by atoms with Gasteiger partial charge in [0.25, 0.3) is 5.69 Å². The molecular weight excluding hydrogens is 502 g/mol. The third-order valence-electron chi connectivity index (χ3n) is 7.85. The van der Waals surface area contributed by atoms with Crippen LogP contribution < -0.4 is 0 Å². The van der Waals surface area contributed by atoms with Crippen molar-refractivity contribution in [3.8, 4) is 23.5 Å². The van der Waals surface area contributed by atoms with Crippen LogP contribution in [0, 0.1) is 21.4 Å². The molecule has 0 unspecified atom stereocenters.